The van der Waals surface area contributed by atoms with Gasteiger partial charge in [-0.1, -0.05) is 17.7 Å². The number of benzene rings is 1. The van der Waals surface area contributed by atoms with E-state index in [1.54, 1.807) is 12.1 Å². The molecule has 0 heterocycles. The largest absolute Gasteiger partial charge is 0.393 e. The summed E-state index contributed by atoms with van der Waals surface area (Å²) in [5.74, 6) is -0.283. The molecular formula is C11H13ClFNO. The molecule has 82 valence electrons. The Kier molecular flexibility index (Phi) is 3.24. The van der Waals surface area contributed by atoms with Crippen LogP contribution in [0.3, 0.4) is 0 Å². The van der Waals surface area contributed by atoms with Gasteiger partial charge in [0.05, 0.1) is 6.10 Å². The molecule has 0 aromatic heterocycles. The van der Waals surface area contributed by atoms with Gasteiger partial charge in [-0.3, -0.25) is 0 Å². The molecule has 15 heavy (non-hydrogen) atoms. The van der Waals surface area contributed by atoms with Crippen molar-refractivity contribution in [3.05, 3.63) is 34.6 Å². The molecule has 2 N–H and O–H groups in total. The van der Waals surface area contributed by atoms with Gasteiger partial charge < -0.3 is 10.4 Å². The summed E-state index contributed by atoms with van der Waals surface area (Å²) in [4.78, 5) is 0. The van der Waals surface area contributed by atoms with E-state index in [1.807, 2.05) is 0 Å². The monoisotopic (exact) mass is 229 g/mol. The summed E-state index contributed by atoms with van der Waals surface area (Å²) < 4.78 is 13.3. The molecule has 0 radical (unpaired) electrons. The molecule has 1 aromatic carbocycles. The lowest BCUT2D eigenvalue weighted by atomic mass is 9.89. The Balaban J connectivity index is 1.88. The average molecular weight is 230 g/mol. The molecule has 0 aliphatic heterocycles. The number of hydrogen-bond donors (Lipinski definition) is 2. The lowest BCUT2D eigenvalue weighted by molar-refractivity contribution is 0.0618. The predicted molar refractivity (Wildman–Crippen MR) is 57.3 cm³/mol. The maximum absolute atomic E-state index is 13.3. The molecule has 0 saturated heterocycles. The first-order valence-electron chi connectivity index (χ1n) is 5.00. The smallest absolute Gasteiger partial charge is 0.129 e. The first kappa shape index (κ1) is 10.9. The normalized spacial score (nSPS) is 25.0. The first-order chi connectivity index (χ1) is 7.15. The second kappa shape index (κ2) is 4.47. The summed E-state index contributed by atoms with van der Waals surface area (Å²) in [6.45, 7) is 0.486. The zero-order valence-electron chi connectivity index (χ0n) is 8.21. The van der Waals surface area contributed by atoms with Crippen LogP contribution in [-0.4, -0.2) is 17.3 Å². The highest BCUT2D eigenvalue weighted by Gasteiger charge is 2.26. The maximum atomic E-state index is 13.3. The van der Waals surface area contributed by atoms with Crippen LogP contribution >= 0.6 is 11.6 Å². The SMILES string of the molecule is OC1CC(NCc2ccc(Cl)cc2F)C1. The van der Waals surface area contributed by atoms with Crippen molar-refractivity contribution in [2.45, 2.75) is 31.5 Å². The molecule has 1 aliphatic rings. The van der Waals surface area contributed by atoms with Gasteiger partial charge in [0.25, 0.3) is 0 Å². The van der Waals surface area contributed by atoms with Gasteiger partial charge >= 0.3 is 0 Å². The summed E-state index contributed by atoms with van der Waals surface area (Å²) in [5, 5.41) is 12.7. The minimum absolute atomic E-state index is 0.183. The molecule has 0 bridgehead atoms. The minimum atomic E-state index is -0.283. The van der Waals surface area contributed by atoms with Gasteiger partial charge in [0, 0.05) is 23.2 Å². The van der Waals surface area contributed by atoms with Crippen molar-refractivity contribution in [3.8, 4) is 0 Å². The highest BCUT2D eigenvalue weighted by Crippen LogP contribution is 2.20. The summed E-state index contributed by atoms with van der Waals surface area (Å²) in [6.07, 6.45) is 1.34. The molecule has 1 aromatic rings. The highest BCUT2D eigenvalue weighted by atomic mass is 35.5. The van der Waals surface area contributed by atoms with Gasteiger partial charge in [-0.25, -0.2) is 4.39 Å². The summed E-state index contributed by atoms with van der Waals surface area (Å²) >= 11 is 5.64. The molecule has 0 atom stereocenters. The van der Waals surface area contributed by atoms with Crippen LogP contribution in [0.5, 0.6) is 0 Å². The molecule has 1 saturated carbocycles. The van der Waals surface area contributed by atoms with Gasteiger partial charge in [0.15, 0.2) is 0 Å². The predicted octanol–water partition coefficient (Wildman–Crippen LogP) is 2.09. The molecule has 1 aliphatic carbocycles. The highest BCUT2D eigenvalue weighted by molar-refractivity contribution is 6.30. The van der Waals surface area contributed by atoms with Crippen molar-refractivity contribution in [1.82, 2.24) is 5.32 Å². The molecule has 2 nitrogen and oxygen atoms in total. The fraction of sp³-hybridized carbons (Fsp3) is 0.455. The van der Waals surface area contributed by atoms with Crippen molar-refractivity contribution < 1.29 is 9.50 Å². The Morgan fingerprint density at radius 2 is 2.20 bits per heavy atom. The Labute approximate surface area is 93.1 Å². The lowest BCUT2D eigenvalue weighted by Gasteiger charge is -2.32. The summed E-state index contributed by atoms with van der Waals surface area (Å²) in [5.41, 5.74) is 0.612. The third kappa shape index (κ3) is 2.68. The van der Waals surface area contributed by atoms with Crippen LogP contribution < -0.4 is 5.32 Å². The Morgan fingerprint density at radius 1 is 1.47 bits per heavy atom. The fourth-order valence-electron chi connectivity index (χ4n) is 1.67. The van der Waals surface area contributed by atoms with Crippen LogP contribution in [0.25, 0.3) is 0 Å². The molecule has 4 heteroatoms. The number of halogens is 2. The second-order valence-corrected chi connectivity index (χ2v) is 4.38. The molecule has 1 fully saturated rings. The Morgan fingerprint density at radius 3 is 2.80 bits per heavy atom. The molecule has 0 spiro atoms. The van der Waals surface area contributed by atoms with Gasteiger partial charge in [-0.2, -0.15) is 0 Å². The maximum Gasteiger partial charge on any atom is 0.129 e. The first-order valence-corrected chi connectivity index (χ1v) is 5.38. The van der Waals surface area contributed by atoms with E-state index in [1.165, 1.54) is 6.07 Å². The minimum Gasteiger partial charge on any atom is -0.393 e. The van der Waals surface area contributed by atoms with E-state index < -0.39 is 0 Å². The number of rotatable bonds is 3. The summed E-state index contributed by atoms with van der Waals surface area (Å²) in [7, 11) is 0. The molecule has 2 rings (SSSR count). The standard InChI is InChI=1S/C11H13ClFNO/c12-8-2-1-7(11(13)3-8)6-14-9-4-10(15)5-9/h1-3,9-10,14-15H,4-6H2. The number of hydrogen-bond acceptors (Lipinski definition) is 2. The Hall–Kier alpha value is -0.640. The zero-order chi connectivity index (χ0) is 10.8. The van der Waals surface area contributed by atoms with Crippen LogP contribution in [-0.2, 0) is 6.54 Å². The van der Waals surface area contributed by atoms with Crippen molar-refractivity contribution in [1.29, 1.82) is 0 Å². The summed E-state index contributed by atoms with van der Waals surface area (Å²) in [6, 6.07) is 4.99. The van der Waals surface area contributed by atoms with E-state index in [0.29, 0.717) is 23.2 Å². The van der Waals surface area contributed by atoms with Crippen molar-refractivity contribution in [2.24, 2.45) is 0 Å². The number of aliphatic hydroxyl groups is 1. The van der Waals surface area contributed by atoms with E-state index >= 15 is 0 Å². The van der Waals surface area contributed by atoms with Gasteiger partial charge in [-0.05, 0) is 25.0 Å². The van der Waals surface area contributed by atoms with E-state index in [2.05, 4.69) is 5.32 Å². The van der Waals surface area contributed by atoms with Crippen LogP contribution in [0.2, 0.25) is 5.02 Å². The molecule has 0 amide bonds. The van der Waals surface area contributed by atoms with Crippen molar-refractivity contribution >= 4 is 11.6 Å². The molecule has 0 unspecified atom stereocenters. The van der Waals surface area contributed by atoms with Crippen LogP contribution in [0, 0.1) is 5.82 Å². The zero-order valence-corrected chi connectivity index (χ0v) is 8.97. The third-order valence-electron chi connectivity index (χ3n) is 2.71. The van der Waals surface area contributed by atoms with Crippen molar-refractivity contribution in [2.75, 3.05) is 0 Å². The Bertz CT molecular complexity index is 352. The number of nitrogens with one attached hydrogen (secondary N) is 1. The van der Waals surface area contributed by atoms with E-state index in [-0.39, 0.29) is 11.9 Å². The van der Waals surface area contributed by atoms with E-state index in [9.17, 15) is 4.39 Å². The van der Waals surface area contributed by atoms with Crippen LogP contribution in [0.15, 0.2) is 18.2 Å². The van der Waals surface area contributed by atoms with Gasteiger partial charge in [-0.15, -0.1) is 0 Å². The van der Waals surface area contributed by atoms with Gasteiger partial charge in [0.1, 0.15) is 5.82 Å². The van der Waals surface area contributed by atoms with Gasteiger partial charge in [0.2, 0.25) is 0 Å². The molecular weight excluding hydrogens is 217 g/mol. The van der Waals surface area contributed by atoms with E-state index in [4.69, 9.17) is 16.7 Å². The quantitative estimate of drug-likeness (QED) is 0.832. The van der Waals surface area contributed by atoms with Crippen molar-refractivity contribution in [3.63, 3.8) is 0 Å². The fourth-order valence-corrected chi connectivity index (χ4v) is 1.83. The van der Waals surface area contributed by atoms with E-state index in [0.717, 1.165) is 12.8 Å². The number of aliphatic hydroxyl groups excluding tert-OH is 1. The second-order valence-electron chi connectivity index (χ2n) is 3.94. The average Bonchev–Trinajstić information content (AvgIpc) is 2.13. The topological polar surface area (TPSA) is 32.3 Å². The third-order valence-corrected chi connectivity index (χ3v) is 2.94. The lowest BCUT2D eigenvalue weighted by Crippen LogP contribution is -2.43. The van der Waals surface area contributed by atoms with Crippen LogP contribution in [0.1, 0.15) is 18.4 Å². The van der Waals surface area contributed by atoms with Crippen LogP contribution in [0.4, 0.5) is 4.39 Å².